The van der Waals surface area contributed by atoms with Gasteiger partial charge in [-0.15, -0.1) is 0 Å². The van der Waals surface area contributed by atoms with Gasteiger partial charge < -0.3 is 20.1 Å². The van der Waals surface area contributed by atoms with E-state index in [9.17, 15) is 0 Å². The smallest absolute Gasteiger partial charge is 0.166 e. The number of thiocarbonyl (C=S) groups is 1. The molecule has 16 heavy (non-hydrogen) atoms. The van der Waals surface area contributed by atoms with Crippen LogP contribution in [0.1, 0.15) is 27.7 Å². The lowest BCUT2D eigenvalue weighted by atomic mass is 10.1. The Labute approximate surface area is 104 Å². The fourth-order valence-electron chi connectivity index (χ4n) is 1.30. The van der Waals surface area contributed by atoms with Crippen molar-refractivity contribution in [3.63, 3.8) is 0 Å². The van der Waals surface area contributed by atoms with E-state index in [1.54, 1.807) is 7.11 Å². The molecule has 0 saturated carbocycles. The van der Waals surface area contributed by atoms with Crippen LogP contribution < -0.4 is 10.6 Å². The molecule has 0 amide bonds. The molecular formula is C11H24N2O2S. The molecule has 0 fully saturated rings. The molecule has 1 atom stereocenters. The zero-order valence-electron chi connectivity index (χ0n) is 10.9. The van der Waals surface area contributed by atoms with Gasteiger partial charge in [0, 0.05) is 26.3 Å². The van der Waals surface area contributed by atoms with E-state index in [4.69, 9.17) is 21.7 Å². The third-order valence-electron chi connectivity index (χ3n) is 2.00. The molecule has 0 bridgehead atoms. The van der Waals surface area contributed by atoms with Gasteiger partial charge in [0.25, 0.3) is 0 Å². The predicted molar refractivity (Wildman–Crippen MR) is 70.8 cm³/mol. The lowest BCUT2D eigenvalue weighted by Gasteiger charge is -2.26. The Hall–Kier alpha value is -0.390. The first-order chi connectivity index (χ1) is 7.41. The van der Waals surface area contributed by atoms with Gasteiger partial charge in [-0.2, -0.15) is 0 Å². The van der Waals surface area contributed by atoms with Crippen molar-refractivity contribution in [2.24, 2.45) is 0 Å². The van der Waals surface area contributed by atoms with Gasteiger partial charge in [0.1, 0.15) is 0 Å². The molecule has 0 aromatic rings. The van der Waals surface area contributed by atoms with Gasteiger partial charge in [-0.25, -0.2) is 0 Å². The van der Waals surface area contributed by atoms with E-state index in [2.05, 4.69) is 10.6 Å². The largest absolute Gasteiger partial charge is 0.383 e. The standard InChI is InChI=1S/C11H24N2O2S/c1-6-15-11(3,4)8-12-10(16)13-9(2)7-14-5/h9H,6-8H2,1-5H3,(H2,12,13,16). The van der Waals surface area contributed by atoms with E-state index in [0.29, 0.717) is 24.9 Å². The molecular weight excluding hydrogens is 224 g/mol. The molecule has 0 aromatic carbocycles. The second-order valence-electron chi connectivity index (χ2n) is 4.38. The number of rotatable bonds is 7. The van der Waals surface area contributed by atoms with Crippen molar-refractivity contribution in [3.8, 4) is 0 Å². The summed E-state index contributed by atoms with van der Waals surface area (Å²) in [5, 5.41) is 6.91. The molecule has 5 heteroatoms. The Morgan fingerprint density at radius 2 is 2.06 bits per heavy atom. The molecule has 0 radical (unpaired) electrons. The van der Waals surface area contributed by atoms with Crippen LogP contribution in [-0.4, -0.2) is 43.6 Å². The topological polar surface area (TPSA) is 42.5 Å². The first kappa shape index (κ1) is 15.6. The Morgan fingerprint density at radius 1 is 1.44 bits per heavy atom. The van der Waals surface area contributed by atoms with Crippen LogP contribution in [0, 0.1) is 0 Å². The number of hydrogen-bond acceptors (Lipinski definition) is 3. The monoisotopic (exact) mass is 248 g/mol. The maximum atomic E-state index is 5.56. The van der Waals surface area contributed by atoms with Crippen molar-refractivity contribution in [1.29, 1.82) is 0 Å². The van der Waals surface area contributed by atoms with Crippen LogP contribution in [0.15, 0.2) is 0 Å². The summed E-state index contributed by atoms with van der Waals surface area (Å²) in [6, 6.07) is 0.209. The zero-order valence-corrected chi connectivity index (χ0v) is 11.7. The molecule has 0 aliphatic heterocycles. The Kier molecular flexibility index (Phi) is 7.62. The van der Waals surface area contributed by atoms with Gasteiger partial charge in [0.2, 0.25) is 0 Å². The maximum Gasteiger partial charge on any atom is 0.166 e. The van der Waals surface area contributed by atoms with Gasteiger partial charge in [-0.05, 0) is 39.9 Å². The highest BCUT2D eigenvalue weighted by atomic mass is 32.1. The second kappa shape index (κ2) is 7.81. The molecule has 0 heterocycles. The second-order valence-corrected chi connectivity index (χ2v) is 4.78. The minimum atomic E-state index is -0.203. The van der Waals surface area contributed by atoms with Crippen molar-refractivity contribution < 1.29 is 9.47 Å². The average molecular weight is 248 g/mol. The lowest BCUT2D eigenvalue weighted by Crippen LogP contribution is -2.47. The quantitative estimate of drug-likeness (QED) is 0.665. The number of nitrogens with one attached hydrogen (secondary N) is 2. The molecule has 1 unspecified atom stereocenters. The van der Waals surface area contributed by atoms with Crippen molar-refractivity contribution >= 4 is 17.3 Å². The van der Waals surface area contributed by atoms with Crippen LogP contribution in [0.2, 0.25) is 0 Å². The molecule has 0 aliphatic carbocycles. The summed E-state index contributed by atoms with van der Waals surface area (Å²) in [7, 11) is 1.67. The predicted octanol–water partition coefficient (Wildman–Crippen LogP) is 1.30. The normalized spacial score (nSPS) is 13.3. The summed E-state index contributed by atoms with van der Waals surface area (Å²) in [4.78, 5) is 0. The third kappa shape index (κ3) is 7.84. The maximum absolute atomic E-state index is 5.56. The van der Waals surface area contributed by atoms with Gasteiger partial charge in [-0.3, -0.25) is 0 Å². The van der Waals surface area contributed by atoms with Gasteiger partial charge >= 0.3 is 0 Å². The minimum Gasteiger partial charge on any atom is -0.383 e. The summed E-state index contributed by atoms with van der Waals surface area (Å²) in [5.74, 6) is 0. The van der Waals surface area contributed by atoms with E-state index in [1.807, 2.05) is 27.7 Å². The van der Waals surface area contributed by atoms with Crippen LogP contribution in [0.3, 0.4) is 0 Å². The first-order valence-corrected chi connectivity index (χ1v) is 5.99. The first-order valence-electron chi connectivity index (χ1n) is 5.58. The number of methoxy groups -OCH3 is 1. The van der Waals surface area contributed by atoms with Gasteiger partial charge in [0.05, 0.1) is 12.2 Å². The third-order valence-corrected chi connectivity index (χ3v) is 2.27. The highest BCUT2D eigenvalue weighted by Gasteiger charge is 2.17. The minimum absolute atomic E-state index is 0.203. The van der Waals surface area contributed by atoms with Crippen LogP contribution in [0.25, 0.3) is 0 Å². The van der Waals surface area contributed by atoms with Crippen molar-refractivity contribution in [2.75, 3.05) is 26.9 Å². The van der Waals surface area contributed by atoms with E-state index in [1.165, 1.54) is 0 Å². The van der Waals surface area contributed by atoms with Gasteiger partial charge in [0.15, 0.2) is 5.11 Å². The SMILES string of the molecule is CCOC(C)(C)CNC(=S)NC(C)COC. The Morgan fingerprint density at radius 3 is 2.56 bits per heavy atom. The molecule has 0 aromatic heterocycles. The number of hydrogen-bond donors (Lipinski definition) is 2. The van der Waals surface area contributed by atoms with E-state index >= 15 is 0 Å². The highest BCUT2D eigenvalue weighted by Crippen LogP contribution is 2.06. The van der Waals surface area contributed by atoms with E-state index in [-0.39, 0.29) is 11.6 Å². The van der Waals surface area contributed by atoms with Crippen LogP contribution in [0.5, 0.6) is 0 Å². The Balaban J connectivity index is 3.80. The summed E-state index contributed by atoms with van der Waals surface area (Å²) in [5.41, 5.74) is -0.203. The van der Waals surface area contributed by atoms with Crippen LogP contribution >= 0.6 is 12.2 Å². The summed E-state index contributed by atoms with van der Waals surface area (Å²) in [6.07, 6.45) is 0. The van der Waals surface area contributed by atoms with Crippen LogP contribution in [0.4, 0.5) is 0 Å². The molecule has 0 rings (SSSR count). The lowest BCUT2D eigenvalue weighted by molar-refractivity contribution is -0.00576. The molecule has 96 valence electrons. The van der Waals surface area contributed by atoms with Gasteiger partial charge in [-0.1, -0.05) is 0 Å². The van der Waals surface area contributed by atoms with E-state index < -0.39 is 0 Å². The Bertz CT molecular complexity index is 210. The highest BCUT2D eigenvalue weighted by molar-refractivity contribution is 7.80. The van der Waals surface area contributed by atoms with Crippen molar-refractivity contribution in [1.82, 2.24) is 10.6 Å². The summed E-state index contributed by atoms with van der Waals surface area (Å²) in [6.45, 7) is 10.1. The fourth-order valence-corrected chi connectivity index (χ4v) is 1.57. The van der Waals surface area contributed by atoms with Crippen molar-refractivity contribution in [2.45, 2.75) is 39.3 Å². The molecule has 0 aliphatic rings. The number of ether oxygens (including phenoxy) is 2. The molecule has 2 N–H and O–H groups in total. The molecule has 0 spiro atoms. The van der Waals surface area contributed by atoms with Crippen LogP contribution in [-0.2, 0) is 9.47 Å². The summed E-state index contributed by atoms with van der Waals surface area (Å²) >= 11 is 5.16. The average Bonchev–Trinajstić information content (AvgIpc) is 2.15. The molecule has 0 saturated heterocycles. The fraction of sp³-hybridized carbons (Fsp3) is 0.909. The molecule has 4 nitrogen and oxygen atoms in total. The van der Waals surface area contributed by atoms with E-state index in [0.717, 1.165) is 0 Å². The van der Waals surface area contributed by atoms with Crippen molar-refractivity contribution in [3.05, 3.63) is 0 Å². The zero-order chi connectivity index (χ0) is 12.6. The summed E-state index contributed by atoms with van der Waals surface area (Å²) < 4.78 is 10.6.